The molecule has 0 bridgehead atoms. The van der Waals surface area contributed by atoms with Gasteiger partial charge >= 0.3 is 5.97 Å². The van der Waals surface area contributed by atoms with E-state index in [4.69, 9.17) is 9.84 Å². The van der Waals surface area contributed by atoms with Gasteiger partial charge in [-0.25, -0.2) is 9.48 Å². The van der Waals surface area contributed by atoms with Gasteiger partial charge < -0.3 is 9.84 Å². The van der Waals surface area contributed by atoms with Gasteiger partial charge in [0.15, 0.2) is 0 Å². The number of aromatic carboxylic acids is 1. The van der Waals surface area contributed by atoms with Crippen LogP contribution in [-0.4, -0.2) is 38.4 Å². The van der Waals surface area contributed by atoms with Crippen molar-refractivity contribution in [2.45, 2.75) is 10.9 Å². The topological polar surface area (TPSA) is 90.1 Å². The van der Waals surface area contributed by atoms with E-state index in [0.717, 1.165) is 5.56 Å². The van der Waals surface area contributed by atoms with Crippen LogP contribution >= 0.6 is 11.8 Å². The third-order valence-electron chi connectivity index (χ3n) is 2.44. The fourth-order valence-corrected chi connectivity index (χ4v) is 2.30. The van der Waals surface area contributed by atoms with E-state index in [9.17, 15) is 4.79 Å². The van der Waals surface area contributed by atoms with E-state index >= 15 is 0 Å². The van der Waals surface area contributed by atoms with Crippen LogP contribution in [0, 0.1) is 0 Å². The summed E-state index contributed by atoms with van der Waals surface area (Å²) in [6.07, 6.45) is 0. The first kappa shape index (κ1) is 13.3. The summed E-state index contributed by atoms with van der Waals surface area (Å²) in [4.78, 5) is 11.1. The lowest BCUT2D eigenvalue weighted by atomic mass is 10.1. The number of hydrogen-bond donors (Lipinski definition) is 1. The highest BCUT2D eigenvalue weighted by molar-refractivity contribution is 7.98. The summed E-state index contributed by atoms with van der Waals surface area (Å²) < 4.78 is 6.57. The molecule has 0 aliphatic carbocycles. The first-order valence-corrected chi connectivity index (χ1v) is 6.35. The van der Waals surface area contributed by atoms with Gasteiger partial charge in [-0.1, -0.05) is 17.8 Å². The van der Waals surface area contributed by atoms with Gasteiger partial charge in [0.25, 0.3) is 0 Å². The molecule has 0 fully saturated rings. The normalized spacial score (nSPS) is 10.4. The Hall–Kier alpha value is -2.09. The number of aryl methyl sites for hydroxylation is 1. The molecule has 100 valence electrons. The number of rotatable bonds is 5. The van der Waals surface area contributed by atoms with Crippen LogP contribution in [0.25, 0.3) is 0 Å². The number of nitrogens with zero attached hydrogens (tertiary/aromatic N) is 4. The van der Waals surface area contributed by atoms with Gasteiger partial charge in [-0.2, -0.15) is 0 Å². The zero-order chi connectivity index (χ0) is 13.8. The Morgan fingerprint density at radius 2 is 2.32 bits per heavy atom. The third-order valence-corrected chi connectivity index (χ3v) is 3.53. The number of ether oxygens (including phenoxy) is 1. The van der Waals surface area contributed by atoms with Crippen LogP contribution in [0.2, 0.25) is 0 Å². The van der Waals surface area contributed by atoms with E-state index in [1.54, 1.807) is 23.9 Å². The SMILES string of the molecule is COc1ccc(CSc2nnnn2C)cc1C(=O)O. The number of hydrogen-bond acceptors (Lipinski definition) is 6. The number of benzene rings is 1. The van der Waals surface area contributed by atoms with Crippen molar-refractivity contribution in [3.8, 4) is 5.75 Å². The molecule has 0 radical (unpaired) electrons. The van der Waals surface area contributed by atoms with Crippen LogP contribution < -0.4 is 4.74 Å². The molecule has 1 N–H and O–H groups in total. The zero-order valence-corrected chi connectivity index (χ0v) is 11.2. The van der Waals surface area contributed by atoms with Crippen molar-refractivity contribution < 1.29 is 14.6 Å². The van der Waals surface area contributed by atoms with Gasteiger partial charge in [-0.3, -0.25) is 0 Å². The van der Waals surface area contributed by atoms with Gasteiger partial charge in [-0.05, 0) is 28.1 Å². The minimum atomic E-state index is -1.01. The van der Waals surface area contributed by atoms with Crippen LogP contribution in [0.5, 0.6) is 5.75 Å². The summed E-state index contributed by atoms with van der Waals surface area (Å²) in [6.45, 7) is 0. The summed E-state index contributed by atoms with van der Waals surface area (Å²) in [5.74, 6) is -0.0796. The first-order valence-electron chi connectivity index (χ1n) is 5.37. The molecule has 0 saturated heterocycles. The molecule has 7 nitrogen and oxygen atoms in total. The van der Waals surface area contributed by atoms with Crippen molar-refractivity contribution >= 4 is 17.7 Å². The van der Waals surface area contributed by atoms with Crippen LogP contribution in [0.15, 0.2) is 23.4 Å². The van der Waals surface area contributed by atoms with Crippen LogP contribution in [0.1, 0.15) is 15.9 Å². The number of carboxylic acids is 1. The molecule has 0 aliphatic rings. The largest absolute Gasteiger partial charge is 0.496 e. The van der Waals surface area contributed by atoms with Crippen LogP contribution in [0.4, 0.5) is 0 Å². The Morgan fingerprint density at radius 3 is 2.89 bits per heavy atom. The van der Waals surface area contributed by atoms with E-state index in [1.165, 1.54) is 18.9 Å². The van der Waals surface area contributed by atoms with Crippen molar-refractivity contribution in [2.24, 2.45) is 7.05 Å². The van der Waals surface area contributed by atoms with Gasteiger partial charge in [-0.15, -0.1) is 5.10 Å². The summed E-state index contributed by atoms with van der Waals surface area (Å²) in [7, 11) is 3.19. The minimum Gasteiger partial charge on any atom is -0.496 e. The molecule has 2 rings (SSSR count). The molecule has 2 aromatic rings. The highest BCUT2D eigenvalue weighted by atomic mass is 32.2. The summed E-state index contributed by atoms with van der Waals surface area (Å²) in [6, 6.07) is 5.06. The second kappa shape index (κ2) is 5.70. The van der Waals surface area contributed by atoms with E-state index in [1.807, 2.05) is 6.07 Å². The van der Waals surface area contributed by atoms with Gasteiger partial charge in [0.1, 0.15) is 11.3 Å². The van der Waals surface area contributed by atoms with Crippen molar-refractivity contribution in [2.75, 3.05) is 7.11 Å². The zero-order valence-electron chi connectivity index (χ0n) is 10.4. The van der Waals surface area contributed by atoms with Crippen molar-refractivity contribution in [1.29, 1.82) is 0 Å². The maximum atomic E-state index is 11.1. The van der Waals surface area contributed by atoms with E-state index in [-0.39, 0.29) is 5.56 Å². The van der Waals surface area contributed by atoms with E-state index < -0.39 is 5.97 Å². The molecule has 8 heteroatoms. The lowest BCUT2D eigenvalue weighted by Gasteiger charge is -2.07. The second-order valence-corrected chi connectivity index (χ2v) is 4.66. The van der Waals surface area contributed by atoms with Crippen LogP contribution in [-0.2, 0) is 12.8 Å². The van der Waals surface area contributed by atoms with Crippen LogP contribution in [0.3, 0.4) is 0 Å². The molecular weight excluding hydrogens is 268 g/mol. The smallest absolute Gasteiger partial charge is 0.339 e. The monoisotopic (exact) mass is 280 g/mol. The minimum absolute atomic E-state index is 0.150. The van der Waals surface area contributed by atoms with Gasteiger partial charge in [0.2, 0.25) is 5.16 Å². The number of tetrazole rings is 1. The third kappa shape index (κ3) is 3.02. The Kier molecular flexibility index (Phi) is 4.00. The number of thioether (sulfide) groups is 1. The van der Waals surface area contributed by atoms with E-state index in [0.29, 0.717) is 16.7 Å². The lowest BCUT2D eigenvalue weighted by Crippen LogP contribution is -2.01. The maximum Gasteiger partial charge on any atom is 0.339 e. The van der Waals surface area contributed by atoms with Crippen molar-refractivity contribution in [3.05, 3.63) is 29.3 Å². The van der Waals surface area contributed by atoms with Gasteiger partial charge in [0, 0.05) is 12.8 Å². The lowest BCUT2D eigenvalue weighted by molar-refractivity contribution is 0.0693. The number of aromatic nitrogens is 4. The van der Waals surface area contributed by atoms with E-state index in [2.05, 4.69) is 15.5 Å². The standard InChI is InChI=1S/C11H12N4O3S/c1-15-11(12-13-14-15)19-6-7-3-4-9(18-2)8(5-7)10(16)17/h3-5H,6H2,1-2H3,(H,16,17). The number of carboxylic acid groups (broad SMARTS) is 1. The number of carbonyl (C=O) groups is 1. The number of methoxy groups -OCH3 is 1. The molecule has 0 atom stereocenters. The maximum absolute atomic E-state index is 11.1. The molecular formula is C11H12N4O3S. The molecule has 0 saturated carbocycles. The average Bonchev–Trinajstić information content (AvgIpc) is 2.81. The average molecular weight is 280 g/mol. The molecule has 0 spiro atoms. The Balaban J connectivity index is 2.15. The molecule has 19 heavy (non-hydrogen) atoms. The highest BCUT2D eigenvalue weighted by Crippen LogP contribution is 2.24. The molecule has 0 unspecified atom stereocenters. The Labute approximate surface area is 113 Å². The predicted octanol–water partition coefficient (Wildman–Crippen LogP) is 1.21. The summed E-state index contributed by atoms with van der Waals surface area (Å²) in [5.41, 5.74) is 1.02. The fourth-order valence-electron chi connectivity index (χ4n) is 1.50. The first-order chi connectivity index (χ1) is 9.11. The molecule has 1 heterocycles. The summed E-state index contributed by atoms with van der Waals surface area (Å²) >= 11 is 1.43. The van der Waals surface area contributed by atoms with Crippen molar-refractivity contribution in [1.82, 2.24) is 20.2 Å². The summed E-state index contributed by atoms with van der Waals surface area (Å²) in [5, 5.41) is 20.9. The van der Waals surface area contributed by atoms with Gasteiger partial charge in [0.05, 0.1) is 7.11 Å². The Morgan fingerprint density at radius 1 is 1.53 bits per heavy atom. The molecule has 1 aromatic heterocycles. The molecule has 1 aromatic carbocycles. The van der Waals surface area contributed by atoms with Crippen molar-refractivity contribution in [3.63, 3.8) is 0 Å². The fraction of sp³-hybridized carbons (Fsp3) is 0.273. The quantitative estimate of drug-likeness (QED) is 0.823. The Bertz CT molecular complexity index is 599. The second-order valence-electron chi connectivity index (χ2n) is 3.71. The predicted molar refractivity (Wildman–Crippen MR) is 68.3 cm³/mol. The highest BCUT2D eigenvalue weighted by Gasteiger charge is 2.12. The molecule has 0 amide bonds. The molecule has 0 aliphatic heterocycles.